The van der Waals surface area contributed by atoms with Crippen LogP contribution in [0.5, 0.6) is 5.75 Å². The molecule has 1 aromatic carbocycles. The van der Waals surface area contributed by atoms with Gasteiger partial charge in [0.1, 0.15) is 21.0 Å². The molecule has 1 N–H and O–H groups in total. The number of benzene rings is 1. The van der Waals surface area contributed by atoms with Crippen molar-refractivity contribution in [3.8, 4) is 5.75 Å². The molecule has 0 aromatic heterocycles. The summed E-state index contributed by atoms with van der Waals surface area (Å²) in [5.74, 6) is -0.623. The zero-order valence-corrected chi connectivity index (χ0v) is 17.4. The van der Waals surface area contributed by atoms with Gasteiger partial charge in [0.2, 0.25) is 12.6 Å². The van der Waals surface area contributed by atoms with Crippen molar-refractivity contribution in [2.75, 3.05) is 0 Å². The lowest BCUT2D eigenvalue weighted by Gasteiger charge is -2.18. The number of ether oxygens (including phenoxy) is 2. The first kappa shape index (κ1) is 21.9. The number of carbonyl (C=O) groups excluding carboxylic acids is 2. The van der Waals surface area contributed by atoms with Crippen LogP contribution in [0.2, 0.25) is 0 Å². The number of hydrogen-bond donors (Lipinski definition) is 1. The number of halogens is 4. The van der Waals surface area contributed by atoms with Crippen molar-refractivity contribution in [1.29, 1.82) is 0 Å². The van der Waals surface area contributed by atoms with Gasteiger partial charge in [-0.1, -0.05) is 72.4 Å². The van der Waals surface area contributed by atoms with Gasteiger partial charge in [-0.2, -0.15) is 0 Å². The van der Waals surface area contributed by atoms with Crippen molar-refractivity contribution in [1.82, 2.24) is 5.32 Å². The molecule has 0 unspecified atom stereocenters. The Morgan fingerprint density at radius 3 is 2.52 bits per heavy atom. The summed E-state index contributed by atoms with van der Waals surface area (Å²) < 4.78 is 10.8. The van der Waals surface area contributed by atoms with Crippen molar-refractivity contribution in [2.45, 2.75) is 20.1 Å². The highest BCUT2D eigenvalue weighted by Gasteiger charge is 2.62. The molecule has 0 radical (unpaired) electrons. The lowest BCUT2D eigenvalue weighted by Crippen LogP contribution is -2.26. The van der Waals surface area contributed by atoms with Crippen molar-refractivity contribution in [2.24, 2.45) is 17.3 Å². The van der Waals surface area contributed by atoms with Crippen LogP contribution in [0.3, 0.4) is 0 Å². The van der Waals surface area contributed by atoms with Crippen LogP contribution in [-0.2, 0) is 14.3 Å². The quantitative estimate of drug-likeness (QED) is 0.254. The summed E-state index contributed by atoms with van der Waals surface area (Å²) in [6.07, 6.45) is 2.23. The van der Waals surface area contributed by atoms with Gasteiger partial charge in [0, 0.05) is 5.56 Å². The van der Waals surface area contributed by atoms with Gasteiger partial charge in [0.05, 0.1) is 5.92 Å². The van der Waals surface area contributed by atoms with Gasteiger partial charge in [-0.05, 0) is 29.5 Å². The van der Waals surface area contributed by atoms with Crippen molar-refractivity contribution in [3.05, 3.63) is 51.1 Å². The average Bonchev–Trinajstić information content (AvgIpc) is 3.12. The van der Waals surface area contributed by atoms with E-state index in [1.165, 1.54) is 0 Å². The van der Waals surface area contributed by atoms with E-state index in [4.69, 9.17) is 55.9 Å². The summed E-state index contributed by atoms with van der Waals surface area (Å²) in [6, 6.07) is 6.60. The van der Waals surface area contributed by atoms with Crippen LogP contribution < -0.4 is 10.1 Å². The Morgan fingerprint density at radius 1 is 1.22 bits per heavy atom. The van der Waals surface area contributed by atoms with E-state index in [9.17, 15) is 9.59 Å². The second-order valence-corrected chi connectivity index (χ2v) is 8.50. The number of allylic oxidation sites excluding steroid dienone is 1. The summed E-state index contributed by atoms with van der Waals surface area (Å²) in [5, 5.41) is 2.47. The smallest absolute Gasteiger partial charge is 0.312 e. The Balaban J connectivity index is 2.15. The van der Waals surface area contributed by atoms with Crippen molar-refractivity contribution < 1.29 is 19.1 Å². The largest absolute Gasteiger partial charge is 0.462 e. The first-order valence-corrected chi connectivity index (χ1v) is 9.38. The van der Waals surface area contributed by atoms with E-state index in [0.29, 0.717) is 17.7 Å². The lowest BCUT2D eigenvalue weighted by molar-refractivity contribution is -0.154. The van der Waals surface area contributed by atoms with Crippen LogP contribution in [0, 0.1) is 17.3 Å². The topological polar surface area (TPSA) is 64.6 Å². The van der Waals surface area contributed by atoms with Gasteiger partial charge in [0.25, 0.3) is 0 Å². The molecule has 27 heavy (non-hydrogen) atoms. The molecule has 0 bridgehead atoms. The summed E-state index contributed by atoms with van der Waals surface area (Å²) in [5.41, 5.74) is 0.165. The van der Waals surface area contributed by atoms with E-state index in [2.05, 4.69) is 5.32 Å². The number of hydrogen-bond acceptors (Lipinski definition) is 4. The molecule has 2 rings (SSSR count). The number of carbonyl (C=O) groups is 2. The molecule has 3 atom stereocenters. The van der Waals surface area contributed by atoms with Crippen LogP contribution in [0.25, 0.3) is 0 Å². The summed E-state index contributed by atoms with van der Waals surface area (Å²) >= 11 is 22.5. The molecule has 1 saturated carbocycles. The van der Waals surface area contributed by atoms with E-state index < -0.39 is 18.1 Å². The summed E-state index contributed by atoms with van der Waals surface area (Å²) in [4.78, 5) is 23.6. The van der Waals surface area contributed by atoms with Crippen LogP contribution in [0.15, 0.2) is 45.6 Å². The van der Waals surface area contributed by atoms with E-state index in [1.807, 2.05) is 13.8 Å². The number of esters is 1. The Labute approximate surface area is 177 Å². The van der Waals surface area contributed by atoms with Crippen molar-refractivity contribution in [3.63, 3.8) is 0 Å². The summed E-state index contributed by atoms with van der Waals surface area (Å²) in [6.45, 7) is 3.82. The fourth-order valence-corrected chi connectivity index (χ4v) is 3.25. The Hall–Kier alpha value is -1.40. The van der Waals surface area contributed by atoms with Gasteiger partial charge in [-0.15, -0.1) is 0 Å². The zero-order chi connectivity index (χ0) is 20.2. The molecule has 0 heterocycles. The number of rotatable bonds is 8. The Bertz CT molecular complexity index is 770. The van der Waals surface area contributed by atoms with Gasteiger partial charge in [-0.3, -0.25) is 9.59 Å². The Morgan fingerprint density at radius 2 is 1.93 bits per heavy atom. The maximum Gasteiger partial charge on any atom is 0.312 e. The monoisotopic (exact) mass is 451 g/mol. The molecule has 1 fully saturated rings. The van der Waals surface area contributed by atoms with E-state index >= 15 is 0 Å². The molecule has 0 spiro atoms. The molecule has 1 amide bonds. The Kier molecular flexibility index (Phi) is 7.46. The fourth-order valence-electron chi connectivity index (χ4n) is 2.89. The average molecular weight is 453 g/mol. The molecule has 1 aliphatic carbocycles. The standard InChI is InChI=1S/C18H17Cl4NO4/c1-18(2)12(7-13(19)20)15(18)17(25)27-16(23-9-24)10-4-3-5-11(6-10)26-8-14(21)22/h3-9,12,15-16H,1-2H3,(H,23,24)/t12-,15-,16-/m0/s1. The predicted octanol–water partition coefficient (Wildman–Crippen LogP) is 5.22. The third-order valence-corrected chi connectivity index (χ3v) is 4.80. The van der Waals surface area contributed by atoms with E-state index in [0.717, 1.165) is 6.26 Å². The minimum Gasteiger partial charge on any atom is -0.462 e. The molecule has 9 heteroatoms. The second kappa shape index (κ2) is 9.20. The number of amides is 1. The minimum atomic E-state index is -0.985. The van der Waals surface area contributed by atoms with Crippen molar-refractivity contribution >= 4 is 58.8 Å². The van der Waals surface area contributed by atoms with Gasteiger partial charge in [-0.25, -0.2) is 0 Å². The highest BCUT2D eigenvalue weighted by Crippen LogP contribution is 2.60. The molecule has 1 aromatic rings. The van der Waals surface area contributed by atoms with Crippen LogP contribution in [0.1, 0.15) is 25.6 Å². The minimum absolute atomic E-state index is 0.0533. The molecule has 1 aliphatic rings. The van der Waals surface area contributed by atoms with Gasteiger partial charge < -0.3 is 14.8 Å². The highest BCUT2D eigenvalue weighted by atomic mass is 35.5. The third kappa shape index (κ3) is 5.79. The molecule has 0 saturated heterocycles. The van der Waals surface area contributed by atoms with Crippen LogP contribution >= 0.6 is 46.4 Å². The second-order valence-electron chi connectivity index (χ2n) is 6.48. The van der Waals surface area contributed by atoms with Gasteiger partial charge in [0.15, 0.2) is 0 Å². The molecule has 146 valence electrons. The maximum atomic E-state index is 12.6. The summed E-state index contributed by atoms with van der Waals surface area (Å²) in [7, 11) is 0. The lowest BCUT2D eigenvalue weighted by atomic mass is 10.1. The van der Waals surface area contributed by atoms with E-state index in [-0.39, 0.29) is 20.3 Å². The SMILES string of the molecule is CC1(C)[C@H](C(=O)O[C@H](NC=O)c2cccc(OC=C(Cl)Cl)c2)[C@@H]1C=C(Cl)Cl. The van der Waals surface area contributed by atoms with Crippen LogP contribution in [0.4, 0.5) is 0 Å². The molecule has 0 aliphatic heterocycles. The first-order chi connectivity index (χ1) is 12.7. The molecular weight excluding hydrogens is 436 g/mol. The predicted molar refractivity (Wildman–Crippen MR) is 105 cm³/mol. The normalized spacial score (nSPS) is 20.7. The van der Waals surface area contributed by atoms with Crippen LogP contribution in [-0.4, -0.2) is 12.4 Å². The van der Waals surface area contributed by atoms with Gasteiger partial charge >= 0.3 is 5.97 Å². The maximum absolute atomic E-state index is 12.6. The fraction of sp³-hybridized carbons (Fsp3) is 0.333. The first-order valence-electron chi connectivity index (χ1n) is 7.87. The molecule has 5 nitrogen and oxygen atoms in total. The molecular formula is C18H17Cl4NO4. The third-order valence-electron chi connectivity index (χ3n) is 4.37. The highest BCUT2D eigenvalue weighted by molar-refractivity contribution is 6.56. The number of nitrogens with one attached hydrogen (secondary N) is 1. The zero-order valence-electron chi connectivity index (χ0n) is 14.4. The van der Waals surface area contributed by atoms with E-state index in [1.54, 1.807) is 30.3 Å².